The predicted octanol–water partition coefficient (Wildman–Crippen LogP) is 3.56. The number of alkyl carbamates (subject to hydrolysis) is 1. The zero-order chi connectivity index (χ0) is 15.6. The molecule has 1 amide bonds. The second-order valence-corrected chi connectivity index (χ2v) is 6.89. The summed E-state index contributed by atoms with van der Waals surface area (Å²) in [5, 5.41) is 5.63. The molecule has 4 nitrogen and oxygen atoms in total. The lowest BCUT2D eigenvalue weighted by atomic mass is 9.88. The topological polar surface area (TPSA) is 50.4 Å². The highest BCUT2D eigenvalue weighted by Crippen LogP contribution is 2.24. The minimum Gasteiger partial charge on any atom is -0.444 e. The molecule has 0 aromatic carbocycles. The van der Waals surface area contributed by atoms with Crippen molar-refractivity contribution in [3.8, 4) is 0 Å². The van der Waals surface area contributed by atoms with Gasteiger partial charge < -0.3 is 15.4 Å². The van der Waals surface area contributed by atoms with E-state index in [1.165, 1.54) is 45.8 Å². The maximum Gasteiger partial charge on any atom is 0.407 e. The number of nitrogens with one attached hydrogen (secondary N) is 2. The number of hydrogen-bond donors (Lipinski definition) is 2. The van der Waals surface area contributed by atoms with Crippen LogP contribution >= 0.6 is 0 Å². The molecular weight excluding hydrogens is 252 g/mol. The summed E-state index contributed by atoms with van der Waals surface area (Å²) >= 11 is 0. The highest BCUT2D eigenvalue weighted by atomic mass is 16.6. The Morgan fingerprint density at radius 3 is 1.80 bits per heavy atom. The van der Waals surface area contributed by atoms with E-state index in [4.69, 9.17) is 4.74 Å². The molecule has 2 rings (SSSR count). The van der Waals surface area contributed by atoms with Gasteiger partial charge in [-0.3, -0.25) is 0 Å². The molecule has 1 saturated carbocycles. The van der Waals surface area contributed by atoms with Gasteiger partial charge in [-0.2, -0.15) is 0 Å². The monoisotopic (exact) mass is 286 g/mol. The first-order chi connectivity index (χ1) is 9.24. The molecule has 1 unspecified atom stereocenters. The molecule has 0 bridgehead atoms. The molecular formula is C16H34N2O2. The summed E-state index contributed by atoms with van der Waals surface area (Å²) in [5.41, 5.74) is -0.389. The van der Waals surface area contributed by atoms with Gasteiger partial charge in [-0.1, -0.05) is 33.1 Å². The van der Waals surface area contributed by atoms with Crippen LogP contribution in [0.3, 0.4) is 0 Å². The quantitative estimate of drug-likeness (QED) is 0.716. The van der Waals surface area contributed by atoms with E-state index in [1.54, 1.807) is 0 Å². The average molecular weight is 286 g/mol. The summed E-state index contributed by atoms with van der Waals surface area (Å²) in [4.78, 5) is 10.5. The Hall–Kier alpha value is -0.770. The normalized spacial score (nSPS) is 21.6. The summed E-state index contributed by atoms with van der Waals surface area (Å²) < 4.78 is 4.84. The van der Waals surface area contributed by atoms with Crippen LogP contribution in [0.4, 0.5) is 4.79 Å². The van der Waals surface area contributed by atoms with Crippen molar-refractivity contribution in [3.63, 3.8) is 0 Å². The molecule has 1 saturated heterocycles. The molecule has 20 heavy (non-hydrogen) atoms. The van der Waals surface area contributed by atoms with Gasteiger partial charge in [-0.15, -0.1) is 0 Å². The Morgan fingerprint density at radius 2 is 1.70 bits per heavy atom. The number of amides is 1. The molecule has 1 aliphatic heterocycles. The molecule has 0 aromatic rings. The Morgan fingerprint density at radius 1 is 1.15 bits per heavy atom. The van der Waals surface area contributed by atoms with Gasteiger partial charge in [0.15, 0.2) is 0 Å². The van der Waals surface area contributed by atoms with Crippen LogP contribution in [-0.4, -0.2) is 31.8 Å². The molecule has 4 heteroatoms. The Labute approximate surface area is 125 Å². The molecule has 2 aliphatic rings. The number of carbonyl (C=O) groups excluding carboxylic acids is 1. The summed E-state index contributed by atoms with van der Waals surface area (Å²) in [6, 6.07) is 0. The van der Waals surface area contributed by atoms with Crippen molar-refractivity contribution in [2.24, 2.45) is 11.8 Å². The van der Waals surface area contributed by atoms with E-state index in [9.17, 15) is 4.79 Å². The van der Waals surface area contributed by atoms with Gasteiger partial charge >= 0.3 is 6.09 Å². The SMILES string of the molecule is CC1CCC1.CC1CCNC1.CNC(=O)OC(C)(C)C. The molecule has 0 spiro atoms. The van der Waals surface area contributed by atoms with Gasteiger partial charge in [0.1, 0.15) is 5.60 Å². The van der Waals surface area contributed by atoms with Gasteiger partial charge in [-0.25, -0.2) is 4.79 Å². The number of carbonyl (C=O) groups is 1. The largest absolute Gasteiger partial charge is 0.444 e. The van der Waals surface area contributed by atoms with Crippen molar-refractivity contribution >= 4 is 6.09 Å². The Bertz CT molecular complexity index is 252. The lowest BCUT2D eigenvalue weighted by molar-refractivity contribution is 0.0541. The van der Waals surface area contributed by atoms with Crippen LogP contribution in [0.1, 0.15) is 60.3 Å². The summed E-state index contributed by atoms with van der Waals surface area (Å²) in [6.07, 6.45) is 5.45. The van der Waals surface area contributed by atoms with E-state index in [-0.39, 0.29) is 11.7 Å². The first-order valence-electron chi connectivity index (χ1n) is 7.86. The van der Waals surface area contributed by atoms with E-state index in [0.29, 0.717) is 0 Å². The van der Waals surface area contributed by atoms with E-state index in [1.807, 2.05) is 20.8 Å². The summed E-state index contributed by atoms with van der Waals surface area (Å²) in [7, 11) is 1.54. The van der Waals surface area contributed by atoms with E-state index in [0.717, 1.165) is 11.8 Å². The van der Waals surface area contributed by atoms with Gasteiger partial charge in [0.2, 0.25) is 0 Å². The van der Waals surface area contributed by atoms with E-state index in [2.05, 4.69) is 24.5 Å². The number of rotatable bonds is 0. The smallest absolute Gasteiger partial charge is 0.407 e. The van der Waals surface area contributed by atoms with Gasteiger partial charge in [0, 0.05) is 7.05 Å². The molecule has 0 radical (unpaired) electrons. The fourth-order valence-electron chi connectivity index (χ4n) is 1.74. The van der Waals surface area contributed by atoms with Crippen molar-refractivity contribution in [2.45, 2.75) is 65.9 Å². The highest BCUT2D eigenvalue weighted by Gasteiger charge is 2.14. The van der Waals surface area contributed by atoms with Crippen molar-refractivity contribution < 1.29 is 9.53 Å². The van der Waals surface area contributed by atoms with Crippen LogP contribution in [0, 0.1) is 11.8 Å². The molecule has 120 valence electrons. The van der Waals surface area contributed by atoms with Gasteiger partial charge in [-0.05, 0) is 52.1 Å². The Balaban J connectivity index is 0.000000283. The third-order valence-corrected chi connectivity index (χ3v) is 3.30. The summed E-state index contributed by atoms with van der Waals surface area (Å²) in [6.45, 7) is 12.5. The maximum absolute atomic E-state index is 10.5. The number of ether oxygens (including phenoxy) is 1. The second kappa shape index (κ2) is 10.0. The molecule has 2 fully saturated rings. The zero-order valence-electron chi connectivity index (χ0n) is 14.2. The lowest BCUT2D eigenvalue weighted by Crippen LogP contribution is -2.30. The first-order valence-corrected chi connectivity index (χ1v) is 7.86. The minimum atomic E-state index is -0.389. The van der Waals surface area contributed by atoms with Crippen LogP contribution < -0.4 is 10.6 Å². The van der Waals surface area contributed by atoms with Crippen molar-refractivity contribution in [2.75, 3.05) is 20.1 Å². The van der Waals surface area contributed by atoms with Crippen molar-refractivity contribution in [3.05, 3.63) is 0 Å². The third-order valence-electron chi connectivity index (χ3n) is 3.30. The second-order valence-electron chi connectivity index (χ2n) is 6.89. The van der Waals surface area contributed by atoms with Crippen LogP contribution in [0.25, 0.3) is 0 Å². The lowest BCUT2D eigenvalue weighted by Gasteiger charge is -2.18. The predicted molar refractivity (Wildman–Crippen MR) is 85.0 cm³/mol. The molecule has 1 aliphatic carbocycles. The van der Waals surface area contributed by atoms with E-state index < -0.39 is 0 Å². The van der Waals surface area contributed by atoms with Crippen LogP contribution in [0.2, 0.25) is 0 Å². The summed E-state index contributed by atoms with van der Waals surface area (Å²) in [5.74, 6) is 2.00. The molecule has 2 N–H and O–H groups in total. The minimum absolute atomic E-state index is 0.387. The molecule has 0 aromatic heterocycles. The fourth-order valence-corrected chi connectivity index (χ4v) is 1.74. The number of hydrogen-bond acceptors (Lipinski definition) is 3. The maximum atomic E-state index is 10.5. The third kappa shape index (κ3) is 12.3. The van der Waals surface area contributed by atoms with Crippen molar-refractivity contribution in [1.29, 1.82) is 0 Å². The van der Waals surface area contributed by atoms with Crippen LogP contribution in [0.5, 0.6) is 0 Å². The van der Waals surface area contributed by atoms with E-state index >= 15 is 0 Å². The Kier molecular flexibility index (Phi) is 9.64. The zero-order valence-corrected chi connectivity index (χ0v) is 14.2. The van der Waals surface area contributed by atoms with Crippen LogP contribution in [-0.2, 0) is 4.74 Å². The average Bonchev–Trinajstić information content (AvgIpc) is 2.77. The van der Waals surface area contributed by atoms with Gasteiger partial charge in [0.05, 0.1) is 0 Å². The highest BCUT2D eigenvalue weighted by molar-refractivity contribution is 5.67. The standard InChI is InChI=1S/C6H13NO2.C5H11N.C5H10/c1-6(2,3)9-5(8)7-4;1-5-2-3-6-4-5;1-5-3-2-4-5/h1-4H3,(H,7,8);5-6H,2-4H2,1H3;5H,2-4H2,1H3. The van der Waals surface area contributed by atoms with Crippen molar-refractivity contribution in [1.82, 2.24) is 10.6 Å². The first kappa shape index (κ1) is 19.2. The van der Waals surface area contributed by atoms with Gasteiger partial charge in [0.25, 0.3) is 0 Å². The molecule has 1 heterocycles. The van der Waals surface area contributed by atoms with Crippen LogP contribution in [0.15, 0.2) is 0 Å². The fraction of sp³-hybridized carbons (Fsp3) is 0.938. The molecule has 1 atom stereocenters.